The Bertz CT molecular complexity index is 1260. The highest BCUT2D eigenvalue weighted by atomic mass is 16.7. The van der Waals surface area contributed by atoms with E-state index in [9.17, 15) is 35.1 Å². The van der Waals surface area contributed by atoms with Gasteiger partial charge in [-0.1, -0.05) is 92.7 Å². The summed E-state index contributed by atoms with van der Waals surface area (Å²) in [4.78, 5) is 26.6. The van der Waals surface area contributed by atoms with Gasteiger partial charge < -0.3 is 39.7 Å². The second-order valence-corrected chi connectivity index (χ2v) is 17.5. The third kappa shape index (κ3) is 12.0. The van der Waals surface area contributed by atoms with E-state index in [4.69, 9.17) is 14.2 Å². The van der Waals surface area contributed by atoms with E-state index in [1.54, 1.807) is 40.7 Å². The second-order valence-electron chi connectivity index (χ2n) is 17.5. The first-order valence-electron chi connectivity index (χ1n) is 20.8. The quantitative estimate of drug-likeness (QED) is 0.206. The zero-order chi connectivity index (χ0) is 40.5. The Hall–Kier alpha value is -1.92. The van der Waals surface area contributed by atoms with Gasteiger partial charge in [0.05, 0.1) is 42.7 Å². The fourth-order valence-electron chi connectivity index (χ4n) is 8.72. The largest absolute Gasteiger partial charge is 0.458 e. The molecule has 2 fully saturated rings. The van der Waals surface area contributed by atoms with Crippen molar-refractivity contribution in [2.45, 2.75) is 175 Å². The SMILES string of the molecule is CC[C@H]1/C=C\C=C/C[C@H](C)[C@@H](O)[C@@H](C)C(=O)C[C@H](O)[C@@H](C)[C@H](O)[C@@H](C)[C@@H](O)[C@@H](C)/C=C\C(=O)O[C@@H]2[C@H](C)[C@@H](CC1)O[C@]1(CC[C@@H](C)[C@@H](C[C@@H](C)O)O1)[C@@H]2C. The minimum absolute atomic E-state index is 0.130. The Balaban J connectivity index is 1.94. The number of aliphatic hydroxyl groups is 5. The number of aliphatic hydroxyl groups excluding tert-OH is 5. The van der Waals surface area contributed by atoms with Crippen molar-refractivity contribution in [3.05, 3.63) is 36.5 Å². The van der Waals surface area contributed by atoms with Crippen molar-refractivity contribution in [1.82, 2.24) is 0 Å². The van der Waals surface area contributed by atoms with Crippen LogP contribution in [-0.4, -0.2) is 91.9 Å². The summed E-state index contributed by atoms with van der Waals surface area (Å²) in [6, 6.07) is 0. The van der Waals surface area contributed by atoms with E-state index >= 15 is 0 Å². The molecule has 0 aliphatic carbocycles. The number of ketones is 1. The molecule has 0 radical (unpaired) electrons. The minimum Gasteiger partial charge on any atom is -0.458 e. The summed E-state index contributed by atoms with van der Waals surface area (Å²) in [6.07, 6.45) is 10.2. The molecule has 0 saturated carbocycles. The maximum absolute atomic E-state index is 13.5. The summed E-state index contributed by atoms with van der Waals surface area (Å²) in [6.45, 7) is 18.8. The lowest BCUT2D eigenvalue weighted by molar-refractivity contribution is -0.371. The highest BCUT2D eigenvalue weighted by molar-refractivity contribution is 5.82. The molecular formula is C44H74O10. The van der Waals surface area contributed by atoms with Gasteiger partial charge in [-0.25, -0.2) is 4.79 Å². The molecule has 10 heteroatoms. The van der Waals surface area contributed by atoms with Gasteiger partial charge in [-0.2, -0.15) is 0 Å². The van der Waals surface area contributed by atoms with Crippen molar-refractivity contribution in [2.75, 3.05) is 0 Å². The molecule has 0 aromatic carbocycles. The minimum atomic E-state index is -1.17. The van der Waals surface area contributed by atoms with Crippen LogP contribution in [0.15, 0.2) is 36.5 Å². The van der Waals surface area contributed by atoms with Crippen LogP contribution in [0.1, 0.15) is 121 Å². The Labute approximate surface area is 325 Å². The first-order valence-corrected chi connectivity index (χ1v) is 20.8. The summed E-state index contributed by atoms with van der Waals surface area (Å²) in [5, 5.41) is 54.6. The summed E-state index contributed by atoms with van der Waals surface area (Å²) < 4.78 is 20.0. The van der Waals surface area contributed by atoms with Gasteiger partial charge in [0, 0.05) is 54.4 Å². The molecule has 54 heavy (non-hydrogen) atoms. The third-order valence-electron chi connectivity index (χ3n) is 13.2. The molecule has 3 heterocycles. The molecule has 18 atom stereocenters. The van der Waals surface area contributed by atoms with E-state index in [0.29, 0.717) is 19.3 Å². The Morgan fingerprint density at radius 3 is 2.15 bits per heavy atom. The van der Waals surface area contributed by atoms with E-state index in [1.165, 1.54) is 6.08 Å². The van der Waals surface area contributed by atoms with Crippen molar-refractivity contribution >= 4 is 11.8 Å². The molecule has 10 nitrogen and oxygen atoms in total. The fourth-order valence-corrected chi connectivity index (χ4v) is 8.72. The predicted molar refractivity (Wildman–Crippen MR) is 210 cm³/mol. The number of esters is 1. The molecule has 1 spiro atoms. The molecule has 3 aliphatic rings. The van der Waals surface area contributed by atoms with Gasteiger partial charge in [-0.15, -0.1) is 0 Å². The lowest BCUT2D eigenvalue weighted by atomic mass is 9.74. The molecule has 0 amide bonds. The zero-order valence-electron chi connectivity index (χ0n) is 34.7. The smallest absolute Gasteiger partial charge is 0.330 e. The predicted octanol–water partition coefficient (Wildman–Crippen LogP) is 6.31. The number of rotatable bonds is 3. The van der Waals surface area contributed by atoms with Crippen LogP contribution < -0.4 is 0 Å². The first kappa shape index (κ1) is 46.5. The van der Waals surface area contributed by atoms with Crippen LogP contribution in [0.3, 0.4) is 0 Å². The molecule has 0 aromatic rings. The summed E-state index contributed by atoms with van der Waals surface area (Å²) in [7, 11) is 0. The van der Waals surface area contributed by atoms with Crippen molar-refractivity contribution in [3.8, 4) is 0 Å². The highest BCUT2D eigenvalue weighted by Crippen LogP contribution is 2.49. The van der Waals surface area contributed by atoms with Gasteiger partial charge in [0.25, 0.3) is 0 Å². The first-order chi connectivity index (χ1) is 25.3. The molecule has 3 aliphatic heterocycles. The van der Waals surface area contributed by atoms with Crippen LogP contribution >= 0.6 is 0 Å². The van der Waals surface area contributed by atoms with Crippen LogP contribution in [0.25, 0.3) is 0 Å². The summed E-state index contributed by atoms with van der Waals surface area (Å²) in [5.41, 5.74) is 0. The van der Waals surface area contributed by atoms with E-state index in [0.717, 1.165) is 25.7 Å². The lowest BCUT2D eigenvalue weighted by Gasteiger charge is -2.55. The number of fused-ring (bicyclic) bond motifs is 2. The maximum atomic E-state index is 13.5. The number of carbonyl (C=O) groups is 2. The summed E-state index contributed by atoms with van der Waals surface area (Å²) >= 11 is 0. The van der Waals surface area contributed by atoms with Gasteiger partial charge in [-0.05, 0) is 63.2 Å². The third-order valence-corrected chi connectivity index (χ3v) is 13.2. The van der Waals surface area contributed by atoms with Crippen molar-refractivity contribution in [2.24, 2.45) is 53.3 Å². The summed E-state index contributed by atoms with van der Waals surface area (Å²) in [5.74, 6) is -4.54. The standard InChI is InChI=1S/C44H74O10/c1-11-34-16-14-12-13-15-26(3)40(49)29(6)35(46)24-36(47)30(7)42(51)32(9)41(50)27(4)17-20-39(48)52-43-31(8)37(19-18-34)53-44(33(43)10)22-21-25(2)38(54-44)23-28(5)45/h12-14,16-17,20,25-34,36-38,40-43,45,47,49-51H,11,15,18-19,21-24H2,1-10H3/b13-12-,16-14-,20-17-/t25-,26+,27+,28-,29+,30-,31-,32+,33-,34+,36+,37-,38-,40-,41+,42+,43-,44+/m1/s1. The molecule has 2 saturated heterocycles. The number of hydrogen-bond acceptors (Lipinski definition) is 10. The molecule has 0 aromatic heterocycles. The molecule has 2 bridgehead atoms. The average molecular weight is 763 g/mol. The van der Waals surface area contributed by atoms with Crippen LogP contribution in [-0.2, 0) is 23.8 Å². The number of Topliss-reactive ketones (excluding diaryl/α,β-unsaturated/α-hetero) is 1. The zero-order valence-corrected chi connectivity index (χ0v) is 34.7. The topological polar surface area (TPSA) is 163 Å². The Kier molecular flexibility index (Phi) is 18.1. The number of ether oxygens (including phenoxy) is 3. The van der Waals surface area contributed by atoms with E-state index in [2.05, 4.69) is 26.8 Å². The van der Waals surface area contributed by atoms with Crippen LogP contribution in [0.5, 0.6) is 0 Å². The number of carbonyl (C=O) groups excluding carboxylic acids is 2. The normalized spacial score (nSPS) is 46.6. The molecule has 5 N–H and O–H groups in total. The van der Waals surface area contributed by atoms with Gasteiger partial charge in [0.1, 0.15) is 11.9 Å². The number of allylic oxidation sites excluding steroid dienone is 4. The lowest BCUT2D eigenvalue weighted by Crippen LogP contribution is -2.62. The van der Waals surface area contributed by atoms with Gasteiger partial charge in [0.15, 0.2) is 5.79 Å². The fraction of sp³-hybridized carbons (Fsp3) is 0.818. The monoisotopic (exact) mass is 763 g/mol. The van der Waals surface area contributed by atoms with E-state index in [1.807, 2.05) is 32.1 Å². The molecule has 0 unspecified atom stereocenters. The number of hydrogen-bond donors (Lipinski definition) is 5. The van der Waals surface area contributed by atoms with Crippen molar-refractivity contribution in [1.29, 1.82) is 0 Å². The molecular weight excluding hydrogens is 688 g/mol. The van der Waals surface area contributed by atoms with Crippen molar-refractivity contribution in [3.63, 3.8) is 0 Å². The molecule has 3 rings (SSSR count). The highest BCUT2D eigenvalue weighted by Gasteiger charge is 2.56. The van der Waals surface area contributed by atoms with Crippen LogP contribution in [0.2, 0.25) is 0 Å². The van der Waals surface area contributed by atoms with Gasteiger partial charge >= 0.3 is 5.97 Å². The van der Waals surface area contributed by atoms with Crippen LogP contribution in [0.4, 0.5) is 0 Å². The Morgan fingerprint density at radius 1 is 0.815 bits per heavy atom. The van der Waals surface area contributed by atoms with E-state index < -0.39 is 72.1 Å². The van der Waals surface area contributed by atoms with Crippen molar-refractivity contribution < 1.29 is 49.3 Å². The Morgan fingerprint density at radius 2 is 1.50 bits per heavy atom. The van der Waals surface area contributed by atoms with Gasteiger partial charge in [-0.3, -0.25) is 4.79 Å². The second kappa shape index (κ2) is 21.0. The van der Waals surface area contributed by atoms with E-state index in [-0.39, 0.29) is 54.0 Å². The maximum Gasteiger partial charge on any atom is 0.330 e. The van der Waals surface area contributed by atoms with Crippen LogP contribution in [0, 0.1) is 53.3 Å². The average Bonchev–Trinajstić information content (AvgIpc) is 3.14. The molecule has 310 valence electrons. The van der Waals surface area contributed by atoms with Gasteiger partial charge in [0.2, 0.25) is 0 Å².